The van der Waals surface area contributed by atoms with E-state index in [4.69, 9.17) is 4.74 Å². The van der Waals surface area contributed by atoms with Crippen molar-refractivity contribution in [3.8, 4) is 16.9 Å². The van der Waals surface area contributed by atoms with Crippen molar-refractivity contribution in [2.45, 2.75) is 70.5 Å². The molecule has 1 aromatic heterocycles. The number of methoxy groups -OCH3 is 1. The number of hydrogen-bond donors (Lipinski definition) is 3. The van der Waals surface area contributed by atoms with Crippen LogP contribution in [-0.4, -0.2) is 52.0 Å². The maximum atomic E-state index is 13.0. The molecule has 2 aromatic rings. The highest BCUT2D eigenvalue weighted by Crippen LogP contribution is 2.26. The zero-order valence-electron chi connectivity index (χ0n) is 20.9. The Morgan fingerprint density at radius 2 is 1.83 bits per heavy atom. The van der Waals surface area contributed by atoms with Gasteiger partial charge in [0.1, 0.15) is 6.04 Å². The van der Waals surface area contributed by atoms with Crippen LogP contribution in [0.3, 0.4) is 0 Å². The van der Waals surface area contributed by atoms with Crippen LogP contribution in [0.25, 0.3) is 11.1 Å². The van der Waals surface area contributed by atoms with Crippen molar-refractivity contribution in [3.05, 3.63) is 46.4 Å². The molecule has 2 atom stereocenters. The smallest absolute Gasteiger partial charge is 0.326 e. The van der Waals surface area contributed by atoms with Crippen molar-refractivity contribution >= 4 is 11.9 Å². The van der Waals surface area contributed by atoms with Crippen molar-refractivity contribution in [2.75, 3.05) is 7.11 Å². The second kappa shape index (κ2) is 12.0. The van der Waals surface area contributed by atoms with Crippen LogP contribution in [0, 0.1) is 5.92 Å². The summed E-state index contributed by atoms with van der Waals surface area (Å²) in [5.41, 5.74) is 1.46. The van der Waals surface area contributed by atoms with Crippen LogP contribution in [0.1, 0.15) is 51.5 Å². The first-order valence-electron chi connectivity index (χ1n) is 12.2. The number of aliphatic carboxylic acids is 1. The lowest BCUT2D eigenvalue weighted by Gasteiger charge is -2.30. The SMILES string of the molecule is COc1cnn(C)c(=O)c1-c1ccc(C[C@H](NC(=O)C(NC2CCCCC2)C(C)C)C(=O)O)cc1. The lowest BCUT2D eigenvalue weighted by Crippen LogP contribution is -2.55. The lowest BCUT2D eigenvalue weighted by atomic mass is 9.93. The van der Waals surface area contributed by atoms with Gasteiger partial charge in [0.2, 0.25) is 5.91 Å². The average molecular weight is 485 g/mol. The molecule has 0 spiro atoms. The monoisotopic (exact) mass is 484 g/mol. The van der Waals surface area contributed by atoms with E-state index >= 15 is 0 Å². The molecule has 0 bridgehead atoms. The molecule has 1 unspecified atom stereocenters. The number of benzene rings is 1. The Labute approximate surface area is 205 Å². The number of aryl methyl sites for hydroxylation is 1. The summed E-state index contributed by atoms with van der Waals surface area (Å²) < 4.78 is 6.53. The molecule has 1 amide bonds. The number of aromatic nitrogens is 2. The fraction of sp³-hybridized carbons (Fsp3) is 0.538. The van der Waals surface area contributed by atoms with Crippen LogP contribution < -0.4 is 20.9 Å². The Morgan fingerprint density at radius 1 is 1.17 bits per heavy atom. The summed E-state index contributed by atoms with van der Waals surface area (Å²) >= 11 is 0. The molecule has 190 valence electrons. The van der Waals surface area contributed by atoms with Gasteiger partial charge in [-0.05, 0) is 29.9 Å². The Balaban J connectivity index is 1.72. The number of amides is 1. The molecule has 1 saturated carbocycles. The fourth-order valence-electron chi connectivity index (χ4n) is 4.54. The van der Waals surface area contributed by atoms with Crippen LogP contribution in [0.2, 0.25) is 0 Å². The average Bonchev–Trinajstić information content (AvgIpc) is 2.84. The van der Waals surface area contributed by atoms with Gasteiger partial charge in [-0.2, -0.15) is 5.10 Å². The molecule has 0 aliphatic heterocycles. The van der Waals surface area contributed by atoms with Gasteiger partial charge in [0.15, 0.2) is 5.75 Å². The summed E-state index contributed by atoms with van der Waals surface area (Å²) in [6, 6.07) is 5.79. The van der Waals surface area contributed by atoms with Gasteiger partial charge in [0.05, 0.1) is 24.9 Å². The van der Waals surface area contributed by atoms with Crippen LogP contribution in [0.5, 0.6) is 5.75 Å². The highest BCUT2D eigenvalue weighted by atomic mass is 16.5. The highest BCUT2D eigenvalue weighted by Gasteiger charge is 2.29. The van der Waals surface area contributed by atoms with Gasteiger partial charge in [-0.3, -0.25) is 9.59 Å². The molecule has 9 heteroatoms. The van der Waals surface area contributed by atoms with E-state index in [-0.39, 0.29) is 29.8 Å². The van der Waals surface area contributed by atoms with Crippen molar-refractivity contribution < 1.29 is 19.4 Å². The molecule has 1 heterocycles. The molecular formula is C26H36N4O5. The molecule has 3 N–H and O–H groups in total. The van der Waals surface area contributed by atoms with E-state index in [0.717, 1.165) is 31.2 Å². The zero-order chi connectivity index (χ0) is 25.5. The molecule has 1 fully saturated rings. The van der Waals surface area contributed by atoms with Gasteiger partial charge in [-0.1, -0.05) is 57.4 Å². The number of rotatable bonds is 10. The third-order valence-corrected chi connectivity index (χ3v) is 6.59. The topological polar surface area (TPSA) is 123 Å². The van der Waals surface area contributed by atoms with Crippen molar-refractivity contribution in [3.63, 3.8) is 0 Å². The number of carbonyl (C=O) groups is 2. The predicted molar refractivity (Wildman–Crippen MR) is 133 cm³/mol. The number of carbonyl (C=O) groups excluding carboxylic acids is 1. The van der Waals surface area contributed by atoms with E-state index in [2.05, 4.69) is 15.7 Å². The first kappa shape index (κ1) is 26.4. The molecule has 9 nitrogen and oxygen atoms in total. The molecule has 0 saturated heterocycles. The fourth-order valence-corrected chi connectivity index (χ4v) is 4.54. The summed E-state index contributed by atoms with van der Waals surface area (Å²) in [5, 5.41) is 20.0. The molecule has 0 radical (unpaired) electrons. The number of nitrogens with one attached hydrogen (secondary N) is 2. The number of ether oxygens (including phenoxy) is 1. The molecule has 1 aliphatic carbocycles. The van der Waals surface area contributed by atoms with E-state index in [1.165, 1.54) is 24.4 Å². The normalized spacial score (nSPS) is 16.0. The summed E-state index contributed by atoms with van der Waals surface area (Å²) in [6.07, 6.45) is 7.20. The summed E-state index contributed by atoms with van der Waals surface area (Å²) in [4.78, 5) is 37.6. The zero-order valence-corrected chi connectivity index (χ0v) is 20.9. The molecule has 1 aliphatic rings. The highest BCUT2D eigenvalue weighted by molar-refractivity contribution is 5.87. The Kier molecular flexibility index (Phi) is 9.03. The van der Waals surface area contributed by atoms with Gasteiger partial charge >= 0.3 is 5.97 Å². The van der Waals surface area contributed by atoms with Gasteiger partial charge in [-0.15, -0.1) is 0 Å². The van der Waals surface area contributed by atoms with Crippen molar-refractivity contribution in [2.24, 2.45) is 13.0 Å². The van der Waals surface area contributed by atoms with Crippen LogP contribution >= 0.6 is 0 Å². The largest absolute Gasteiger partial charge is 0.494 e. The Bertz CT molecular complexity index is 1070. The number of carboxylic acid groups (broad SMARTS) is 1. The summed E-state index contributed by atoms with van der Waals surface area (Å²) in [5.74, 6) is -0.989. The van der Waals surface area contributed by atoms with E-state index in [0.29, 0.717) is 16.9 Å². The quantitative estimate of drug-likeness (QED) is 0.474. The second-order valence-corrected chi connectivity index (χ2v) is 9.54. The van der Waals surface area contributed by atoms with Gasteiger partial charge in [-0.25, -0.2) is 9.48 Å². The molecule has 35 heavy (non-hydrogen) atoms. The first-order valence-corrected chi connectivity index (χ1v) is 12.2. The number of hydrogen-bond acceptors (Lipinski definition) is 6. The maximum absolute atomic E-state index is 13.0. The van der Waals surface area contributed by atoms with E-state index < -0.39 is 18.1 Å². The van der Waals surface area contributed by atoms with E-state index in [9.17, 15) is 19.5 Å². The Morgan fingerprint density at radius 3 is 2.40 bits per heavy atom. The van der Waals surface area contributed by atoms with Gasteiger partial charge < -0.3 is 20.5 Å². The van der Waals surface area contributed by atoms with Crippen LogP contribution in [0.4, 0.5) is 0 Å². The van der Waals surface area contributed by atoms with Gasteiger partial charge in [0, 0.05) is 19.5 Å². The molecular weight excluding hydrogens is 448 g/mol. The maximum Gasteiger partial charge on any atom is 0.326 e. The van der Waals surface area contributed by atoms with Crippen LogP contribution in [0.15, 0.2) is 35.3 Å². The predicted octanol–water partition coefficient (Wildman–Crippen LogP) is 2.51. The minimum absolute atomic E-state index is 0.0311. The van der Waals surface area contributed by atoms with Crippen LogP contribution in [-0.2, 0) is 23.1 Å². The van der Waals surface area contributed by atoms with Crippen molar-refractivity contribution in [1.29, 1.82) is 0 Å². The van der Waals surface area contributed by atoms with E-state index in [1.54, 1.807) is 31.3 Å². The van der Waals surface area contributed by atoms with Crippen molar-refractivity contribution in [1.82, 2.24) is 20.4 Å². The van der Waals surface area contributed by atoms with E-state index in [1.807, 2.05) is 13.8 Å². The lowest BCUT2D eigenvalue weighted by molar-refractivity contribution is -0.142. The molecule has 1 aromatic carbocycles. The third-order valence-electron chi connectivity index (χ3n) is 6.59. The minimum atomic E-state index is -1.09. The number of nitrogens with zero attached hydrogens (tertiary/aromatic N) is 2. The minimum Gasteiger partial charge on any atom is -0.494 e. The third kappa shape index (κ3) is 6.69. The summed E-state index contributed by atoms with van der Waals surface area (Å²) in [6.45, 7) is 3.93. The molecule has 3 rings (SSSR count). The second-order valence-electron chi connectivity index (χ2n) is 9.54. The standard InChI is InChI=1S/C26H36N4O5/c1-16(2)23(28-19-8-6-5-7-9-19)24(31)29-20(26(33)34)14-17-10-12-18(13-11-17)22-21(35-4)15-27-30(3)25(22)32/h10-13,15-16,19-20,23,28H,5-9,14H2,1-4H3,(H,29,31)(H,33,34)/t20-,23?/m0/s1. The summed E-state index contributed by atoms with van der Waals surface area (Å²) in [7, 11) is 3.04. The Hall–Kier alpha value is -3.20. The number of carboxylic acids is 1. The van der Waals surface area contributed by atoms with Gasteiger partial charge in [0.25, 0.3) is 5.56 Å². The first-order chi connectivity index (χ1) is 16.7.